The van der Waals surface area contributed by atoms with Crippen molar-refractivity contribution in [2.45, 2.75) is 13.8 Å². The first-order valence-electron chi connectivity index (χ1n) is 5.29. The van der Waals surface area contributed by atoms with Crippen LogP contribution in [0.3, 0.4) is 0 Å². The Hall–Kier alpha value is -0.600. The highest BCUT2D eigenvalue weighted by Gasteiger charge is 2.35. The molecule has 0 bridgehead atoms. The largest absolute Gasteiger partial charge is 0.329 e. The van der Waals surface area contributed by atoms with Crippen LogP contribution in [0.2, 0.25) is 0 Å². The molecule has 0 N–H and O–H groups in total. The number of hydrogen-bond donors (Lipinski definition) is 0. The minimum absolute atomic E-state index is 0.815. The Bertz CT molecular complexity index is 363. The van der Waals surface area contributed by atoms with Crippen LogP contribution in [0.1, 0.15) is 13.8 Å². The molecule has 0 spiro atoms. The number of nitrogens with zero attached hydrogens (tertiary/aromatic N) is 3. The normalized spacial score (nSPS) is 15.6. The number of rotatable bonds is 4. The molecular weight excluding hydrogens is 209 g/mol. The molecule has 5 heteroatoms. The zero-order valence-corrected chi connectivity index (χ0v) is 11.2. The lowest BCUT2D eigenvalue weighted by Crippen LogP contribution is -2.48. The van der Waals surface area contributed by atoms with E-state index in [-0.39, 0.29) is 0 Å². The third-order valence-electron chi connectivity index (χ3n) is 2.79. The molecule has 15 heavy (non-hydrogen) atoms. The van der Waals surface area contributed by atoms with Crippen molar-refractivity contribution in [3.05, 3.63) is 12.4 Å². The Morgan fingerprint density at radius 3 is 2.33 bits per heavy atom. The van der Waals surface area contributed by atoms with Gasteiger partial charge in [-0.3, -0.25) is 4.57 Å². The molecule has 0 amide bonds. The summed E-state index contributed by atoms with van der Waals surface area (Å²) >= 11 is 0. The predicted molar refractivity (Wildman–Crippen MR) is 62.7 cm³/mol. The zero-order chi connectivity index (χ0) is 11.6. The molecule has 0 aliphatic heterocycles. The van der Waals surface area contributed by atoms with E-state index in [1.807, 2.05) is 60.8 Å². The predicted octanol–water partition coefficient (Wildman–Crippen LogP) is 0.725. The van der Waals surface area contributed by atoms with E-state index in [0.29, 0.717) is 0 Å². The van der Waals surface area contributed by atoms with Gasteiger partial charge in [0, 0.05) is 19.8 Å². The first kappa shape index (κ1) is 12.5. The molecule has 1 atom stereocenters. The van der Waals surface area contributed by atoms with Crippen molar-refractivity contribution in [3.63, 3.8) is 0 Å². The maximum atomic E-state index is 12.8. The van der Waals surface area contributed by atoms with Crippen LogP contribution in [0.15, 0.2) is 12.4 Å². The maximum Gasteiger partial charge on any atom is 0.329 e. The van der Waals surface area contributed by atoms with E-state index in [2.05, 4.69) is 0 Å². The van der Waals surface area contributed by atoms with Crippen LogP contribution in [-0.4, -0.2) is 29.0 Å². The van der Waals surface area contributed by atoms with Crippen molar-refractivity contribution in [1.82, 2.24) is 9.24 Å². The Labute approximate surface area is 91.9 Å². The van der Waals surface area contributed by atoms with Gasteiger partial charge in [-0.15, -0.1) is 0 Å². The van der Waals surface area contributed by atoms with Gasteiger partial charge in [0.2, 0.25) is 0 Å². The Morgan fingerprint density at radius 2 is 2.00 bits per heavy atom. The molecule has 0 aliphatic carbocycles. The van der Waals surface area contributed by atoms with E-state index in [0.717, 1.165) is 18.7 Å². The maximum absolute atomic E-state index is 12.8. The Kier molecular flexibility index (Phi) is 3.74. The fraction of sp³-hybridized carbons (Fsp3) is 0.700. The lowest BCUT2D eigenvalue weighted by atomic mass is 10.7. The lowest BCUT2D eigenvalue weighted by molar-refractivity contribution is -0.652. The van der Waals surface area contributed by atoms with Gasteiger partial charge < -0.3 is 0 Å². The third-order valence-corrected chi connectivity index (χ3v) is 5.80. The minimum Gasteiger partial charge on any atom is -0.294 e. The molecule has 86 valence electrons. The monoisotopic (exact) mass is 230 g/mol. The first-order valence-corrected chi connectivity index (χ1v) is 7.40. The van der Waals surface area contributed by atoms with Gasteiger partial charge in [0.25, 0.3) is 7.29 Å². The van der Waals surface area contributed by atoms with Crippen LogP contribution in [-0.2, 0) is 18.7 Å². The number of aryl methyl sites for hydroxylation is 2. The highest BCUT2D eigenvalue weighted by molar-refractivity contribution is 7.67. The van der Waals surface area contributed by atoms with E-state index in [4.69, 9.17) is 0 Å². The van der Waals surface area contributed by atoms with Crippen molar-refractivity contribution in [2.24, 2.45) is 14.1 Å². The Balaban J connectivity index is 3.21. The lowest BCUT2D eigenvalue weighted by Gasteiger charge is -2.23. The summed E-state index contributed by atoms with van der Waals surface area (Å²) in [6.07, 6.45) is 3.88. The van der Waals surface area contributed by atoms with Crippen LogP contribution in [0, 0.1) is 0 Å². The average Bonchev–Trinajstić information content (AvgIpc) is 2.48. The van der Waals surface area contributed by atoms with Crippen LogP contribution in [0.4, 0.5) is 0 Å². The summed E-state index contributed by atoms with van der Waals surface area (Å²) in [5, 5.41) is 0. The topological polar surface area (TPSA) is 29.1 Å². The molecule has 0 fully saturated rings. The van der Waals surface area contributed by atoms with Crippen molar-refractivity contribution in [2.75, 3.05) is 19.8 Å². The van der Waals surface area contributed by atoms with Crippen molar-refractivity contribution in [3.8, 4) is 0 Å². The summed E-state index contributed by atoms with van der Waals surface area (Å²) < 4.78 is 18.7. The second-order valence-electron chi connectivity index (χ2n) is 3.84. The van der Waals surface area contributed by atoms with Crippen LogP contribution in [0.25, 0.3) is 0 Å². The van der Waals surface area contributed by atoms with Crippen molar-refractivity contribution >= 4 is 12.9 Å². The van der Waals surface area contributed by atoms with Crippen LogP contribution in [0.5, 0.6) is 0 Å². The molecule has 1 unspecified atom stereocenters. The minimum atomic E-state index is -2.42. The van der Waals surface area contributed by atoms with Crippen LogP contribution >= 0.6 is 7.29 Å². The highest BCUT2D eigenvalue weighted by atomic mass is 31.2. The van der Waals surface area contributed by atoms with Gasteiger partial charge in [-0.25, -0.2) is 13.8 Å². The van der Waals surface area contributed by atoms with E-state index in [1.165, 1.54) is 0 Å². The molecule has 1 heterocycles. The van der Waals surface area contributed by atoms with Crippen LogP contribution < -0.4 is 10.1 Å². The van der Waals surface area contributed by atoms with Gasteiger partial charge in [0.05, 0.1) is 14.1 Å². The summed E-state index contributed by atoms with van der Waals surface area (Å²) in [5.41, 5.74) is 0.895. The van der Waals surface area contributed by atoms with Gasteiger partial charge in [-0.05, 0) is 0 Å². The quantitative estimate of drug-likeness (QED) is 0.563. The zero-order valence-electron chi connectivity index (χ0n) is 10.3. The number of aromatic nitrogens is 2. The molecule has 0 saturated carbocycles. The molecule has 0 aliphatic rings. The fourth-order valence-electron chi connectivity index (χ4n) is 2.06. The molecule has 4 nitrogen and oxygen atoms in total. The van der Waals surface area contributed by atoms with Crippen molar-refractivity contribution < 1.29 is 9.13 Å². The molecular formula is C10H21N3OP+. The third kappa shape index (κ3) is 2.16. The van der Waals surface area contributed by atoms with Crippen molar-refractivity contribution in [1.29, 1.82) is 0 Å². The standard InChI is InChI=1S/C10H21N3OP/c1-6-13(7-2)15(5,14)10-11(3)8-9-12(10)4/h8-9H,6-7H2,1-5H3/q+1. The Morgan fingerprint density at radius 1 is 1.47 bits per heavy atom. The summed E-state index contributed by atoms with van der Waals surface area (Å²) in [6.45, 7) is 7.56. The molecule has 1 rings (SSSR count). The summed E-state index contributed by atoms with van der Waals surface area (Å²) in [4.78, 5) is 0. The van der Waals surface area contributed by atoms with E-state index in [1.54, 1.807) is 0 Å². The summed E-state index contributed by atoms with van der Waals surface area (Å²) in [6, 6.07) is 0. The summed E-state index contributed by atoms with van der Waals surface area (Å²) in [5.74, 6) is 0. The van der Waals surface area contributed by atoms with Gasteiger partial charge >= 0.3 is 5.57 Å². The van der Waals surface area contributed by atoms with Gasteiger partial charge in [0.15, 0.2) is 0 Å². The van der Waals surface area contributed by atoms with Gasteiger partial charge in [0.1, 0.15) is 12.4 Å². The molecule has 0 saturated heterocycles. The summed E-state index contributed by atoms with van der Waals surface area (Å²) in [7, 11) is 1.46. The fourth-order valence-corrected chi connectivity index (χ4v) is 4.69. The molecule has 0 radical (unpaired) electrons. The molecule has 1 aromatic rings. The SMILES string of the molecule is CCN(CC)P(C)(=O)c1n(C)cc[n+]1C. The second kappa shape index (κ2) is 4.50. The van der Waals surface area contributed by atoms with Gasteiger partial charge in [-0.1, -0.05) is 13.8 Å². The van der Waals surface area contributed by atoms with E-state index >= 15 is 0 Å². The molecule has 1 aromatic heterocycles. The van der Waals surface area contributed by atoms with E-state index in [9.17, 15) is 4.57 Å². The molecule has 0 aromatic carbocycles. The average molecular weight is 230 g/mol. The van der Waals surface area contributed by atoms with E-state index < -0.39 is 7.29 Å². The number of imidazole rings is 1. The first-order chi connectivity index (χ1) is 6.95. The highest BCUT2D eigenvalue weighted by Crippen LogP contribution is 2.42. The second-order valence-corrected chi connectivity index (χ2v) is 6.56. The number of hydrogen-bond acceptors (Lipinski definition) is 1. The smallest absolute Gasteiger partial charge is 0.294 e. The van der Waals surface area contributed by atoms with Gasteiger partial charge in [-0.2, -0.15) is 0 Å².